The fourth-order valence-electron chi connectivity index (χ4n) is 3.77. The molecule has 1 aliphatic rings. The fourth-order valence-corrected chi connectivity index (χ4v) is 3.77. The monoisotopic (exact) mass is 385 g/mol. The summed E-state index contributed by atoms with van der Waals surface area (Å²) in [6, 6.07) is 16.2. The Hall–Kier alpha value is -3.14. The van der Waals surface area contributed by atoms with E-state index >= 15 is 0 Å². The zero-order valence-corrected chi connectivity index (χ0v) is 17.1. The molecule has 1 saturated heterocycles. The molecular formula is C25H27N3O. The van der Waals surface area contributed by atoms with Crippen LogP contribution in [0.2, 0.25) is 0 Å². The highest BCUT2D eigenvalue weighted by atomic mass is 16.1. The van der Waals surface area contributed by atoms with Crippen molar-refractivity contribution in [3.05, 3.63) is 71.3 Å². The van der Waals surface area contributed by atoms with E-state index in [1.165, 1.54) is 30.4 Å². The third kappa shape index (κ3) is 4.65. The molecule has 1 N–H and O–H groups in total. The van der Waals surface area contributed by atoms with Gasteiger partial charge in [0, 0.05) is 30.2 Å². The van der Waals surface area contributed by atoms with Crippen LogP contribution in [0, 0.1) is 13.8 Å². The van der Waals surface area contributed by atoms with Crippen molar-refractivity contribution in [3.8, 4) is 0 Å². The number of carbonyl (C=O) groups excluding carboxylic acids is 1. The molecule has 0 saturated carbocycles. The minimum Gasteiger partial charge on any atom is -0.357 e. The second-order valence-electron chi connectivity index (χ2n) is 7.81. The average Bonchev–Trinajstić information content (AvgIpc) is 2.74. The average molecular weight is 386 g/mol. The lowest BCUT2D eigenvalue weighted by atomic mass is 10.1. The molecule has 148 valence electrons. The van der Waals surface area contributed by atoms with Crippen LogP contribution in [-0.4, -0.2) is 24.0 Å². The predicted octanol–water partition coefficient (Wildman–Crippen LogP) is 5.49. The molecule has 4 heteroatoms. The van der Waals surface area contributed by atoms with Crippen molar-refractivity contribution in [2.75, 3.05) is 23.3 Å². The Labute approximate surface area is 172 Å². The first-order chi connectivity index (χ1) is 14.1. The summed E-state index contributed by atoms with van der Waals surface area (Å²) in [5, 5.41) is 4.03. The van der Waals surface area contributed by atoms with Gasteiger partial charge in [0.05, 0.1) is 5.52 Å². The number of hydrogen-bond acceptors (Lipinski definition) is 3. The molecule has 1 amide bonds. The number of anilines is 2. The molecule has 1 aliphatic heterocycles. The molecule has 2 heterocycles. The number of hydrogen-bond donors (Lipinski definition) is 1. The molecule has 2 aromatic carbocycles. The smallest absolute Gasteiger partial charge is 0.248 e. The summed E-state index contributed by atoms with van der Waals surface area (Å²) in [4.78, 5) is 19.6. The lowest BCUT2D eigenvalue weighted by molar-refractivity contribution is -0.111. The van der Waals surface area contributed by atoms with E-state index in [2.05, 4.69) is 23.2 Å². The Bertz CT molecular complexity index is 1050. The summed E-state index contributed by atoms with van der Waals surface area (Å²) < 4.78 is 0. The molecule has 4 rings (SSSR count). The van der Waals surface area contributed by atoms with E-state index in [0.29, 0.717) is 0 Å². The maximum absolute atomic E-state index is 12.3. The zero-order chi connectivity index (χ0) is 20.2. The minimum atomic E-state index is -0.138. The summed E-state index contributed by atoms with van der Waals surface area (Å²) in [6.45, 7) is 6.32. The van der Waals surface area contributed by atoms with E-state index in [4.69, 9.17) is 4.98 Å². The van der Waals surface area contributed by atoms with Crippen LogP contribution in [0.15, 0.2) is 54.6 Å². The first kappa shape index (κ1) is 19.2. The van der Waals surface area contributed by atoms with Gasteiger partial charge in [-0.2, -0.15) is 0 Å². The second kappa shape index (κ2) is 8.48. The van der Waals surface area contributed by atoms with Gasteiger partial charge in [0.15, 0.2) is 0 Å². The quantitative estimate of drug-likeness (QED) is 0.604. The number of nitrogens with zero attached hydrogens (tertiary/aromatic N) is 2. The van der Waals surface area contributed by atoms with Crippen molar-refractivity contribution in [3.63, 3.8) is 0 Å². The number of benzene rings is 2. The Morgan fingerprint density at radius 2 is 1.76 bits per heavy atom. The number of aryl methyl sites for hydroxylation is 2. The normalized spacial score (nSPS) is 14.5. The van der Waals surface area contributed by atoms with E-state index in [1.54, 1.807) is 6.08 Å². The molecule has 0 aliphatic carbocycles. The van der Waals surface area contributed by atoms with Crippen molar-refractivity contribution < 1.29 is 4.79 Å². The molecule has 0 atom stereocenters. The highest BCUT2D eigenvalue weighted by Crippen LogP contribution is 2.27. The van der Waals surface area contributed by atoms with Gasteiger partial charge in [-0.25, -0.2) is 4.98 Å². The van der Waals surface area contributed by atoms with E-state index in [1.807, 2.05) is 55.5 Å². The fraction of sp³-hybridized carbons (Fsp3) is 0.280. The second-order valence-corrected chi connectivity index (χ2v) is 7.81. The van der Waals surface area contributed by atoms with Crippen LogP contribution in [-0.2, 0) is 4.79 Å². The van der Waals surface area contributed by atoms with Crippen molar-refractivity contribution in [2.24, 2.45) is 0 Å². The predicted molar refractivity (Wildman–Crippen MR) is 121 cm³/mol. The van der Waals surface area contributed by atoms with Gasteiger partial charge in [-0.15, -0.1) is 0 Å². The molecular weight excluding hydrogens is 358 g/mol. The molecule has 0 bridgehead atoms. The van der Waals surface area contributed by atoms with Gasteiger partial charge in [-0.05, 0) is 74.6 Å². The zero-order valence-electron chi connectivity index (χ0n) is 17.1. The van der Waals surface area contributed by atoms with Gasteiger partial charge < -0.3 is 10.2 Å². The molecule has 1 fully saturated rings. The molecule has 29 heavy (non-hydrogen) atoms. The number of piperidine rings is 1. The van der Waals surface area contributed by atoms with Crippen molar-refractivity contribution in [1.29, 1.82) is 0 Å². The summed E-state index contributed by atoms with van der Waals surface area (Å²) in [5.41, 5.74) is 5.15. The van der Waals surface area contributed by atoms with Crippen LogP contribution in [0.3, 0.4) is 0 Å². The van der Waals surface area contributed by atoms with Gasteiger partial charge >= 0.3 is 0 Å². The number of nitrogens with one attached hydrogen (secondary N) is 1. The Kier molecular flexibility index (Phi) is 5.61. The van der Waals surface area contributed by atoms with Crippen molar-refractivity contribution in [2.45, 2.75) is 33.1 Å². The van der Waals surface area contributed by atoms with Gasteiger partial charge in [-0.3, -0.25) is 4.79 Å². The summed E-state index contributed by atoms with van der Waals surface area (Å²) in [5.74, 6) is 0.924. The Balaban J connectivity index is 1.50. The summed E-state index contributed by atoms with van der Waals surface area (Å²) in [7, 11) is 0. The maximum atomic E-state index is 12.3. The highest BCUT2D eigenvalue weighted by Gasteiger charge is 2.14. The molecule has 1 aromatic heterocycles. The minimum absolute atomic E-state index is 0.138. The van der Waals surface area contributed by atoms with Gasteiger partial charge in [-0.1, -0.05) is 29.8 Å². The number of fused-ring (bicyclic) bond motifs is 1. The number of pyridine rings is 1. The van der Waals surface area contributed by atoms with E-state index in [0.717, 1.165) is 41.1 Å². The maximum Gasteiger partial charge on any atom is 0.248 e. The summed E-state index contributed by atoms with van der Waals surface area (Å²) >= 11 is 0. The first-order valence-corrected chi connectivity index (χ1v) is 10.3. The Morgan fingerprint density at radius 3 is 2.52 bits per heavy atom. The first-order valence-electron chi connectivity index (χ1n) is 10.3. The Morgan fingerprint density at radius 1 is 1.00 bits per heavy atom. The molecule has 0 radical (unpaired) electrons. The van der Waals surface area contributed by atoms with Crippen LogP contribution in [0.4, 0.5) is 11.5 Å². The van der Waals surface area contributed by atoms with Crippen LogP contribution < -0.4 is 10.2 Å². The van der Waals surface area contributed by atoms with Crippen LogP contribution in [0.25, 0.3) is 17.0 Å². The lowest BCUT2D eigenvalue weighted by Gasteiger charge is -2.28. The van der Waals surface area contributed by atoms with E-state index < -0.39 is 0 Å². The molecule has 0 spiro atoms. The third-order valence-corrected chi connectivity index (χ3v) is 5.45. The van der Waals surface area contributed by atoms with E-state index in [9.17, 15) is 4.79 Å². The van der Waals surface area contributed by atoms with Crippen LogP contribution in [0.1, 0.15) is 36.0 Å². The van der Waals surface area contributed by atoms with Crippen LogP contribution >= 0.6 is 0 Å². The molecule has 3 aromatic rings. The van der Waals surface area contributed by atoms with Gasteiger partial charge in [0.2, 0.25) is 5.91 Å². The number of carbonyl (C=O) groups is 1. The van der Waals surface area contributed by atoms with Gasteiger partial charge in [0.25, 0.3) is 0 Å². The topological polar surface area (TPSA) is 45.2 Å². The number of aromatic nitrogens is 1. The van der Waals surface area contributed by atoms with Crippen molar-refractivity contribution >= 4 is 34.4 Å². The third-order valence-electron chi connectivity index (χ3n) is 5.45. The lowest BCUT2D eigenvalue weighted by Crippen LogP contribution is -2.30. The van der Waals surface area contributed by atoms with Crippen LogP contribution in [0.5, 0.6) is 0 Å². The molecule has 0 unspecified atom stereocenters. The van der Waals surface area contributed by atoms with Crippen molar-refractivity contribution in [1.82, 2.24) is 4.98 Å². The standard InChI is InChI=1S/C25H27N3O/c1-18-6-8-20(9-7-18)10-13-25(29)26-21-11-12-23-22(17-21)19(2)16-24(27-23)28-14-4-3-5-15-28/h6-13,16-17H,3-5,14-15H2,1-2H3,(H,26,29). The number of rotatable bonds is 4. The van der Waals surface area contributed by atoms with E-state index in [-0.39, 0.29) is 5.91 Å². The summed E-state index contributed by atoms with van der Waals surface area (Å²) in [6.07, 6.45) is 7.18. The highest BCUT2D eigenvalue weighted by molar-refractivity contribution is 6.03. The molecule has 4 nitrogen and oxygen atoms in total. The van der Waals surface area contributed by atoms with Gasteiger partial charge in [0.1, 0.15) is 5.82 Å². The number of amides is 1. The largest absolute Gasteiger partial charge is 0.357 e. The SMILES string of the molecule is Cc1ccc(C=CC(=O)Nc2ccc3nc(N4CCCCC4)cc(C)c3c2)cc1.